The Balaban J connectivity index is 1.65. The van der Waals surface area contributed by atoms with Crippen molar-refractivity contribution in [3.63, 3.8) is 0 Å². The molecule has 1 heterocycles. The van der Waals surface area contributed by atoms with E-state index in [0.29, 0.717) is 13.0 Å². The second-order valence-corrected chi connectivity index (χ2v) is 7.65. The van der Waals surface area contributed by atoms with Gasteiger partial charge >= 0.3 is 5.97 Å². The largest absolute Gasteiger partial charge is 0.464 e. The van der Waals surface area contributed by atoms with E-state index < -0.39 is 0 Å². The van der Waals surface area contributed by atoms with Gasteiger partial charge in [0.2, 0.25) is 0 Å². The van der Waals surface area contributed by atoms with Crippen LogP contribution in [0.25, 0.3) is 10.8 Å². The van der Waals surface area contributed by atoms with Gasteiger partial charge in [0.05, 0.1) is 12.0 Å². The zero-order valence-corrected chi connectivity index (χ0v) is 17.2. The minimum atomic E-state index is -0.152. The number of hydrogen-bond acceptors (Lipinski definition) is 4. The summed E-state index contributed by atoms with van der Waals surface area (Å²) in [6, 6.07) is 14.8. The summed E-state index contributed by atoms with van der Waals surface area (Å²) in [4.78, 5) is 15.1. The Hall–Kier alpha value is -1.91. The van der Waals surface area contributed by atoms with E-state index in [1.165, 1.54) is 16.3 Å². The molecule has 4 nitrogen and oxygen atoms in total. The van der Waals surface area contributed by atoms with Crippen molar-refractivity contribution in [2.75, 3.05) is 32.8 Å². The van der Waals surface area contributed by atoms with E-state index in [0.717, 1.165) is 45.5 Å². The molecular formula is C24H33NO3. The van der Waals surface area contributed by atoms with Gasteiger partial charge in [-0.3, -0.25) is 4.79 Å². The quantitative estimate of drug-likeness (QED) is 0.568. The molecule has 0 bridgehead atoms. The minimum absolute atomic E-state index is 0.0872. The highest BCUT2D eigenvalue weighted by atomic mass is 16.5. The third kappa shape index (κ3) is 5.79. The van der Waals surface area contributed by atoms with Crippen LogP contribution >= 0.6 is 0 Å². The van der Waals surface area contributed by atoms with E-state index in [-0.39, 0.29) is 18.0 Å². The molecule has 0 N–H and O–H groups in total. The van der Waals surface area contributed by atoms with Crippen molar-refractivity contribution >= 4 is 16.7 Å². The SMILES string of the molecule is CCN(CC)CCOC(=O)[C@H](Cc1ccc2ccccc2c1)C[C@H]1CCCO1. The van der Waals surface area contributed by atoms with Crippen LogP contribution < -0.4 is 0 Å². The molecule has 2 atom stereocenters. The summed E-state index contributed by atoms with van der Waals surface area (Å²) in [5.74, 6) is -0.239. The fraction of sp³-hybridized carbons (Fsp3) is 0.542. The van der Waals surface area contributed by atoms with E-state index in [1.54, 1.807) is 0 Å². The zero-order chi connectivity index (χ0) is 19.8. The van der Waals surface area contributed by atoms with Crippen LogP contribution in [0.15, 0.2) is 42.5 Å². The molecule has 4 heteroatoms. The Labute approximate surface area is 168 Å². The van der Waals surface area contributed by atoms with Gasteiger partial charge in [0.1, 0.15) is 6.61 Å². The number of esters is 1. The highest BCUT2D eigenvalue weighted by molar-refractivity contribution is 5.83. The lowest BCUT2D eigenvalue weighted by atomic mass is 9.92. The number of carbonyl (C=O) groups is 1. The number of rotatable bonds is 10. The van der Waals surface area contributed by atoms with Crippen molar-refractivity contribution in [1.82, 2.24) is 4.90 Å². The van der Waals surface area contributed by atoms with Gasteiger partial charge in [-0.2, -0.15) is 0 Å². The van der Waals surface area contributed by atoms with E-state index in [9.17, 15) is 4.79 Å². The molecule has 152 valence electrons. The molecule has 1 aliphatic heterocycles. The van der Waals surface area contributed by atoms with Crippen LogP contribution in [-0.2, 0) is 20.7 Å². The van der Waals surface area contributed by atoms with Gasteiger partial charge in [0.15, 0.2) is 0 Å². The first kappa shape index (κ1) is 20.8. The molecule has 1 saturated heterocycles. The third-order valence-corrected chi connectivity index (χ3v) is 5.75. The van der Waals surface area contributed by atoms with Crippen molar-refractivity contribution < 1.29 is 14.3 Å². The Kier molecular flexibility index (Phi) is 7.87. The van der Waals surface area contributed by atoms with Crippen LogP contribution in [0.5, 0.6) is 0 Å². The first-order valence-electron chi connectivity index (χ1n) is 10.7. The number of ether oxygens (including phenoxy) is 2. The predicted molar refractivity (Wildman–Crippen MR) is 113 cm³/mol. The molecule has 1 aliphatic rings. The van der Waals surface area contributed by atoms with Crippen molar-refractivity contribution in [3.8, 4) is 0 Å². The van der Waals surface area contributed by atoms with Crippen molar-refractivity contribution in [3.05, 3.63) is 48.0 Å². The van der Waals surface area contributed by atoms with Gasteiger partial charge in [-0.05, 0) is 55.1 Å². The Morgan fingerprint density at radius 2 is 1.96 bits per heavy atom. The molecule has 0 aromatic heterocycles. The fourth-order valence-electron chi connectivity index (χ4n) is 3.99. The highest BCUT2D eigenvalue weighted by Gasteiger charge is 2.27. The van der Waals surface area contributed by atoms with Gasteiger partial charge in [0.25, 0.3) is 0 Å². The summed E-state index contributed by atoms with van der Waals surface area (Å²) in [7, 11) is 0. The topological polar surface area (TPSA) is 38.8 Å². The molecule has 0 saturated carbocycles. The first-order chi connectivity index (χ1) is 13.7. The number of carbonyl (C=O) groups excluding carboxylic acids is 1. The maximum absolute atomic E-state index is 12.9. The molecule has 0 aliphatic carbocycles. The third-order valence-electron chi connectivity index (χ3n) is 5.75. The molecule has 3 rings (SSSR count). The summed E-state index contributed by atoms with van der Waals surface area (Å²) in [5.41, 5.74) is 1.18. The molecule has 2 aromatic carbocycles. The molecular weight excluding hydrogens is 350 g/mol. The van der Waals surface area contributed by atoms with Gasteiger partial charge in [0, 0.05) is 13.2 Å². The van der Waals surface area contributed by atoms with Gasteiger partial charge in [-0.25, -0.2) is 0 Å². The van der Waals surface area contributed by atoms with Crippen molar-refractivity contribution in [2.45, 2.75) is 45.6 Å². The highest BCUT2D eigenvalue weighted by Crippen LogP contribution is 2.25. The zero-order valence-electron chi connectivity index (χ0n) is 17.2. The summed E-state index contributed by atoms with van der Waals surface area (Å²) in [5, 5.41) is 2.44. The smallest absolute Gasteiger partial charge is 0.309 e. The van der Waals surface area contributed by atoms with Gasteiger partial charge in [-0.15, -0.1) is 0 Å². The maximum Gasteiger partial charge on any atom is 0.309 e. The lowest BCUT2D eigenvalue weighted by Crippen LogP contribution is -2.30. The van der Waals surface area contributed by atoms with Crippen LogP contribution in [0.1, 0.15) is 38.7 Å². The molecule has 1 fully saturated rings. The van der Waals surface area contributed by atoms with E-state index in [2.05, 4.69) is 61.2 Å². The number of benzene rings is 2. The predicted octanol–water partition coefficient (Wildman–Crippen LogP) is 4.45. The Bertz CT molecular complexity index is 750. The average Bonchev–Trinajstić information content (AvgIpc) is 3.23. The number of hydrogen-bond donors (Lipinski definition) is 0. The summed E-state index contributed by atoms with van der Waals surface area (Å²) in [6.07, 6.45) is 3.76. The molecule has 0 unspecified atom stereocenters. The minimum Gasteiger partial charge on any atom is -0.464 e. The summed E-state index contributed by atoms with van der Waals surface area (Å²) in [6.45, 7) is 8.28. The first-order valence-corrected chi connectivity index (χ1v) is 10.7. The number of nitrogens with zero attached hydrogens (tertiary/aromatic N) is 1. The Morgan fingerprint density at radius 1 is 1.18 bits per heavy atom. The molecule has 2 aromatic rings. The fourth-order valence-corrected chi connectivity index (χ4v) is 3.99. The van der Waals surface area contributed by atoms with Crippen molar-refractivity contribution in [1.29, 1.82) is 0 Å². The monoisotopic (exact) mass is 383 g/mol. The van der Waals surface area contributed by atoms with E-state index in [4.69, 9.17) is 9.47 Å². The molecule has 0 amide bonds. The van der Waals surface area contributed by atoms with E-state index in [1.807, 2.05) is 0 Å². The maximum atomic E-state index is 12.9. The standard InChI is InChI=1S/C24H33NO3/c1-3-25(4-2)13-15-28-24(26)22(18-23-10-7-14-27-23)17-19-11-12-20-8-5-6-9-21(20)16-19/h5-6,8-9,11-12,16,22-23H,3-4,7,10,13-15,17-18H2,1-2H3/t22-,23-/m1/s1. The summed E-state index contributed by atoms with van der Waals surface area (Å²) < 4.78 is 11.5. The second-order valence-electron chi connectivity index (χ2n) is 7.65. The average molecular weight is 384 g/mol. The van der Waals surface area contributed by atoms with Crippen LogP contribution in [-0.4, -0.2) is 49.8 Å². The van der Waals surface area contributed by atoms with Crippen LogP contribution in [0.4, 0.5) is 0 Å². The van der Waals surface area contributed by atoms with Gasteiger partial charge in [-0.1, -0.05) is 56.3 Å². The van der Waals surface area contributed by atoms with Gasteiger partial charge < -0.3 is 14.4 Å². The summed E-state index contributed by atoms with van der Waals surface area (Å²) >= 11 is 0. The van der Waals surface area contributed by atoms with E-state index >= 15 is 0 Å². The molecule has 0 spiro atoms. The molecule has 28 heavy (non-hydrogen) atoms. The van der Waals surface area contributed by atoms with Crippen LogP contribution in [0.3, 0.4) is 0 Å². The Morgan fingerprint density at radius 3 is 2.68 bits per heavy atom. The van der Waals surface area contributed by atoms with Crippen LogP contribution in [0.2, 0.25) is 0 Å². The normalized spacial score (nSPS) is 17.9. The second kappa shape index (κ2) is 10.6. The van der Waals surface area contributed by atoms with Crippen molar-refractivity contribution in [2.24, 2.45) is 5.92 Å². The molecule has 0 radical (unpaired) electrons. The number of fused-ring (bicyclic) bond motifs is 1. The lowest BCUT2D eigenvalue weighted by Gasteiger charge is -2.21. The number of likely N-dealkylation sites (N-methyl/N-ethyl adjacent to an activating group) is 1. The van der Waals surface area contributed by atoms with Crippen LogP contribution in [0, 0.1) is 5.92 Å². The lowest BCUT2D eigenvalue weighted by molar-refractivity contribution is -0.150.